The number of hydrogen-bond donors (Lipinski definition) is 0. The first-order valence-electron chi connectivity index (χ1n) is 17.3. The zero-order valence-electron chi connectivity index (χ0n) is 29.7. The zero-order chi connectivity index (χ0) is 33.2. The van der Waals surface area contributed by atoms with E-state index < -0.39 is 14.2 Å². The van der Waals surface area contributed by atoms with Crippen molar-refractivity contribution in [3.05, 3.63) is 24.8 Å². The SMILES string of the molecule is CC(C(=O)C(C)N1CCC(n2cc(B3OC(C)(C)C(C)(C)O3)cn2)CC1)N1CCC(n2cc(B3OC(C)(C)C(C)(C)O3)cn2)CC1. The Morgan fingerprint density at radius 2 is 0.957 bits per heavy atom. The summed E-state index contributed by atoms with van der Waals surface area (Å²) in [5.74, 6) is 0.307. The molecule has 0 saturated carbocycles. The van der Waals surface area contributed by atoms with Gasteiger partial charge >= 0.3 is 14.2 Å². The lowest BCUT2D eigenvalue weighted by molar-refractivity contribution is -0.129. The summed E-state index contributed by atoms with van der Waals surface area (Å²) in [5.41, 5.74) is 0.419. The molecule has 4 fully saturated rings. The highest BCUT2D eigenvalue weighted by atomic mass is 16.7. The third kappa shape index (κ3) is 6.28. The standard InChI is InChI=1S/C33H54B2N6O5/c1-23(38-15-11-27(12-16-38)40-21-25(19-36-40)34-43-30(3,4)31(5,6)44-34)29(42)24(2)39-17-13-28(14-18-39)41-22-26(20-37-41)35-45-32(7,8)33(9,10)46-35/h19-24,27-28H,11-18H2,1-10H3. The predicted molar refractivity (Wildman–Crippen MR) is 180 cm³/mol. The van der Waals surface area contributed by atoms with Crippen molar-refractivity contribution in [1.82, 2.24) is 29.4 Å². The van der Waals surface area contributed by atoms with Crippen LogP contribution in [0.2, 0.25) is 0 Å². The van der Waals surface area contributed by atoms with Crippen molar-refractivity contribution in [3.8, 4) is 0 Å². The Kier molecular flexibility index (Phi) is 8.94. The van der Waals surface area contributed by atoms with E-state index >= 15 is 0 Å². The summed E-state index contributed by atoms with van der Waals surface area (Å²) >= 11 is 0. The molecule has 6 rings (SSSR count). The normalized spacial score (nSPS) is 26.9. The highest BCUT2D eigenvalue weighted by molar-refractivity contribution is 6.62. The third-order valence-electron chi connectivity index (χ3n) is 12.0. The lowest BCUT2D eigenvalue weighted by atomic mass is 9.82. The van der Waals surface area contributed by atoms with Gasteiger partial charge in [0.25, 0.3) is 0 Å². The topological polar surface area (TPSA) is 96.1 Å². The molecule has 4 aliphatic heterocycles. The zero-order valence-corrected chi connectivity index (χ0v) is 29.7. The average Bonchev–Trinajstić information content (AvgIpc) is 3.77. The third-order valence-corrected chi connectivity index (χ3v) is 12.0. The van der Waals surface area contributed by atoms with E-state index in [-0.39, 0.29) is 34.5 Å². The first-order chi connectivity index (χ1) is 21.5. The van der Waals surface area contributed by atoms with Gasteiger partial charge in [0.2, 0.25) is 0 Å². The number of rotatable bonds is 8. The lowest BCUT2D eigenvalue weighted by Crippen LogP contribution is -2.52. The molecule has 13 heteroatoms. The number of aromatic nitrogens is 4. The number of likely N-dealkylation sites (tertiary alicyclic amines) is 2. The van der Waals surface area contributed by atoms with Crippen LogP contribution in [0.1, 0.15) is 107 Å². The maximum absolute atomic E-state index is 13.7. The van der Waals surface area contributed by atoms with E-state index in [9.17, 15) is 4.79 Å². The van der Waals surface area contributed by atoms with Crippen LogP contribution in [-0.4, -0.2) is 110 Å². The van der Waals surface area contributed by atoms with Gasteiger partial charge in [0.1, 0.15) is 0 Å². The smallest absolute Gasteiger partial charge is 0.399 e. The quantitative estimate of drug-likeness (QED) is 0.406. The molecule has 0 bridgehead atoms. The summed E-state index contributed by atoms with van der Waals surface area (Å²) in [6.07, 6.45) is 11.7. The maximum atomic E-state index is 13.7. The summed E-state index contributed by atoms with van der Waals surface area (Å²) < 4.78 is 29.0. The molecular weight excluding hydrogens is 582 g/mol. The number of nitrogens with zero attached hydrogens (tertiary/aromatic N) is 6. The molecule has 2 aromatic heterocycles. The number of carbonyl (C=O) groups excluding carboxylic acids is 1. The number of ketones is 1. The summed E-state index contributed by atoms with van der Waals surface area (Å²) in [4.78, 5) is 18.4. The number of piperidine rings is 2. The maximum Gasteiger partial charge on any atom is 0.498 e. The van der Waals surface area contributed by atoms with Gasteiger partial charge in [-0.05, 0) is 94.9 Å². The molecule has 252 valence electrons. The molecule has 0 spiro atoms. The van der Waals surface area contributed by atoms with Crippen LogP contribution in [0, 0.1) is 0 Å². The van der Waals surface area contributed by atoms with Crippen molar-refractivity contribution in [2.75, 3.05) is 26.2 Å². The molecule has 2 aromatic rings. The van der Waals surface area contributed by atoms with E-state index in [4.69, 9.17) is 18.6 Å². The average molecular weight is 636 g/mol. The van der Waals surface area contributed by atoms with Crippen molar-refractivity contribution in [3.63, 3.8) is 0 Å². The number of Topliss-reactive ketones (excluding diaryl/α,β-unsaturated/α-hetero) is 1. The second-order valence-corrected chi connectivity index (χ2v) is 16.0. The van der Waals surface area contributed by atoms with E-state index in [0.29, 0.717) is 17.9 Å². The molecule has 6 heterocycles. The molecule has 11 nitrogen and oxygen atoms in total. The van der Waals surface area contributed by atoms with Crippen molar-refractivity contribution >= 4 is 30.9 Å². The minimum absolute atomic E-state index is 0.111. The molecule has 2 atom stereocenters. The lowest BCUT2D eigenvalue weighted by Gasteiger charge is -2.39. The summed E-state index contributed by atoms with van der Waals surface area (Å²) in [6.45, 7) is 24.2. The molecule has 0 N–H and O–H groups in total. The second kappa shape index (κ2) is 12.1. The number of carbonyl (C=O) groups is 1. The Balaban J connectivity index is 0.967. The highest BCUT2D eigenvalue weighted by Crippen LogP contribution is 2.38. The van der Waals surface area contributed by atoms with Gasteiger partial charge in [-0.15, -0.1) is 0 Å². The van der Waals surface area contributed by atoms with Crippen LogP contribution in [0.15, 0.2) is 24.8 Å². The molecular formula is C33H54B2N6O5. The minimum Gasteiger partial charge on any atom is -0.399 e. The van der Waals surface area contributed by atoms with Gasteiger partial charge in [0, 0.05) is 61.9 Å². The minimum atomic E-state index is -0.401. The Morgan fingerprint density at radius 1 is 0.652 bits per heavy atom. The fourth-order valence-corrected chi connectivity index (χ4v) is 7.09. The van der Waals surface area contributed by atoms with Crippen LogP contribution in [0.4, 0.5) is 0 Å². The largest absolute Gasteiger partial charge is 0.498 e. The van der Waals surface area contributed by atoms with Gasteiger partial charge in [0.15, 0.2) is 5.78 Å². The van der Waals surface area contributed by atoms with E-state index in [1.54, 1.807) is 0 Å². The molecule has 0 radical (unpaired) electrons. The second-order valence-electron chi connectivity index (χ2n) is 16.0. The first-order valence-corrected chi connectivity index (χ1v) is 17.3. The van der Waals surface area contributed by atoms with E-state index in [2.05, 4.69) is 111 Å². The van der Waals surface area contributed by atoms with Gasteiger partial charge in [-0.25, -0.2) is 0 Å². The van der Waals surface area contributed by atoms with E-state index in [1.165, 1.54) is 0 Å². The molecule has 46 heavy (non-hydrogen) atoms. The van der Waals surface area contributed by atoms with Crippen LogP contribution in [0.3, 0.4) is 0 Å². The Labute approximate surface area is 275 Å². The van der Waals surface area contributed by atoms with Crippen LogP contribution < -0.4 is 10.9 Å². The van der Waals surface area contributed by atoms with E-state index in [0.717, 1.165) is 62.8 Å². The van der Waals surface area contributed by atoms with Gasteiger partial charge in [-0.3, -0.25) is 24.0 Å². The van der Waals surface area contributed by atoms with Crippen molar-refractivity contribution in [1.29, 1.82) is 0 Å². The van der Waals surface area contributed by atoms with Crippen LogP contribution >= 0.6 is 0 Å². The summed E-state index contributed by atoms with van der Waals surface area (Å²) in [6, 6.07) is 0.387. The predicted octanol–water partition coefficient (Wildman–Crippen LogP) is 3.00. The Bertz CT molecular complexity index is 1260. The molecule has 0 amide bonds. The van der Waals surface area contributed by atoms with E-state index in [1.807, 2.05) is 12.4 Å². The molecule has 2 unspecified atom stereocenters. The van der Waals surface area contributed by atoms with Crippen LogP contribution in [0.5, 0.6) is 0 Å². The Hall–Kier alpha value is -2.02. The molecule has 0 aromatic carbocycles. The van der Waals surface area contributed by atoms with Crippen molar-refractivity contribution in [2.24, 2.45) is 0 Å². The Morgan fingerprint density at radius 3 is 1.26 bits per heavy atom. The van der Waals surface area contributed by atoms with Crippen molar-refractivity contribution < 1.29 is 23.4 Å². The van der Waals surface area contributed by atoms with Gasteiger partial charge < -0.3 is 18.6 Å². The van der Waals surface area contributed by atoms with Gasteiger partial charge in [-0.2, -0.15) is 10.2 Å². The molecule has 0 aliphatic carbocycles. The highest BCUT2D eigenvalue weighted by Gasteiger charge is 2.53. The van der Waals surface area contributed by atoms with Crippen LogP contribution in [0.25, 0.3) is 0 Å². The summed E-state index contributed by atoms with van der Waals surface area (Å²) in [5, 5.41) is 9.36. The summed E-state index contributed by atoms with van der Waals surface area (Å²) in [7, 11) is -0.803. The monoisotopic (exact) mass is 636 g/mol. The molecule has 4 saturated heterocycles. The fourth-order valence-electron chi connectivity index (χ4n) is 7.09. The molecule has 4 aliphatic rings. The van der Waals surface area contributed by atoms with Gasteiger partial charge in [0.05, 0.1) is 46.6 Å². The number of hydrogen-bond acceptors (Lipinski definition) is 9. The van der Waals surface area contributed by atoms with Crippen molar-refractivity contribution in [2.45, 2.75) is 141 Å². The van der Waals surface area contributed by atoms with Gasteiger partial charge in [-0.1, -0.05) is 0 Å². The fraction of sp³-hybridized carbons (Fsp3) is 0.788. The first kappa shape index (κ1) is 33.9. The van der Waals surface area contributed by atoms with Crippen LogP contribution in [-0.2, 0) is 23.4 Å².